The SMILES string of the molecule is Cc1ccc(-c2ccc(N3CCN(C)CC3)nc2)cc1C(N)=O. The number of rotatable bonds is 3. The first-order valence-corrected chi connectivity index (χ1v) is 7.85. The molecular weight excluding hydrogens is 288 g/mol. The van der Waals surface area contributed by atoms with Gasteiger partial charge in [-0.15, -0.1) is 0 Å². The maximum Gasteiger partial charge on any atom is 0.248 e. The molecule has 2 heterocycles. The first kappa shape index (κ1) is 15.5. The number of carbonyl (C=O) groups is 1. The van der Waals surface area contributed by atoms with E-state index in [1.807, 2.05) is 37.4 Å². The standard InChI is InChI=1S/C18H22N4O/c1-13-3-4-14(11-16(13)18(19)23)15-5-6-17(20-12-15)22-9-7-21(2)8-10-22/h3-6,11-12H,7-10H2,1-2H3,(H2,19,23). The minimum Gasteiger partial charge on any atom is -0.366 e. The van der Waals surface area contributed by atoms with Crippen molar-refractivity contribution in [3.8, 4) is 11.1 Å². The fourth-order valence-corrected chi connectivity index (χ4v) is 2.85. The molecule has 0 spiro atoms. The number of hydrogen-bond acceptors (Lipinski definition) is 4. The van der Waals surface area contributed by atoms with Gasteiger partial charge in [0, 0.05) is 43.5 Å². The molecule has 0 radical (unpaired) electrons. The number of primary amides is 1. The molecule has 1 aromatic heterocycles. The van der Waals surface area contributed by atoms with Gasteiger partial charge in [0.25, 0.3) is 0 Å². The van der Waals surface area contributed by atoms with Crippen LogP contribution in [0.25, 0.3) is 11.1 Å². The summed E-state index contributed by atoms with van der Waals surface area (Å²) in [5.41, 5.74) is 8.83. The average Bonchev–Trinajstić information content (AvgIpc) is 2.56. The zero-order valence-electron chi connectivity index (χ0n) is 13.6. The van der Waals surface area contributed by atoms with E-state index < -0.39 is 5.91 Å². The normalized spacial score (nSPS) is 15.7. The summed E-state index contributed by atoms with van der Waals surface area (Å²) >= 11 is 0. The fraction of sp³-hybridized carbons (Fsp3) is 0.333. The lowest BCUT2D eigenvalue weighted by Gasteiger charge is -2.33. The molecule has 2 N–H and O–H groups in total. The Morgan fingerprint density at radius 2 is 1.78 bits per heavy atom. The van der Waals surface area contributed by atoms with Crippen molar-refractivity contribution in [2.45, 2.75) is 6.92 Å². The predicted octanol–water partition coefficient (Wildman–Crippen LogP) is 1.91. The van der Waals surface area contributed by atoms with Crippen molar-refractivity contribution >= 4 is 11.7 Å². The quantitative estimate of drug-likeness (QED) is 0.940. The molecule has 23 heavy (non-hydrogen) atoms. The van der Waals surface area contributed by atoms with Crippen LogP contribution in [0, 0.1) is 6.92 Å². The molecule has 1 aliphatic heterocycles. The van der Waals surface area contributed by atoms with Gasteiger partial charge in [-0.05, 0) is 43.3 Å². The van der Waals surface area contributed by atoms with Crippen LogP contribution in [-0.4, -0.2) is 49.0 Å². The van der Waals surface area contributed by atoms with Crippen molar-refractivity contribution in [2.75, 3.05) is 38.1 Å². The second-order valence-electron chi connectivity index (χ2n) is 6.09. The highest BCUT2D eigenvalue weighted by molar-refractivity contribution is 5.95. The van der Waals surface area contributed by atoms with Crippen molar-refractivity contribution in [3.63, 3.8) is 0 Å². The molecule has 120 valence electrons. The third-order valence-corrected chi connectivity index (χ3v) is 4.41. The molecule has 1 aliphatic rings. The fourth-order valence-electron chi connectivity index (χ4n) is 2.85. The number of nitrogens with zero attached hydrogens (tertiary/aromatic N) is 3. The molecule has 1 fully saturated rings. The van der Waals surface area contributed by atoms with Gasteiger partial charge >= 0.3 is 0 Å². The summed E-state index contributed by atoms with van der Waals surface area (Å²) in [6.07, 6.45) is 1.86. The Balaban J connectivity index is 1.82. The van der Waals surface area contributed by atoms with Crippen LogP contribution in [0.3, 0.4) is 0 Å². The molecule has 1 amide bonds. The molecule has 2 aromatic rings. The third-order valence-electron chi connectivity index (χ3n) is 4.41. The molecule has 0 bridgehead atoms. The van der Waals surface area contributed by atoms with Crippen molar-refractivity contribution in [3.05, 3.63) is 47.7 Å². The number of nitrogens with two attached hydrogens (primary N) is 1. The van der Waals surface area contributed by atoms with E-state index in [4.69, 9.17) is 5.73 Å². The summed E-state index contributed by atoms with van der Waals surface area (Å²) < 4.78 is 0. The highest BCUT2D eigenvalue weighted by atomic mass is 16.1. The van der Waals surface area contributed by atoms with E-state index in [9.17, 15) is 4.79 Å². The summed E-state index contributed by atoms with van der Waals surface area (Å²) in [7, 11) is 2.14. The number of likely N-dealkylation sites (N-methyl/N-ethyl adjacent to an activating group) is 1. The van der Waals surface area contributed by atoms with E-state index in [-0.39, 0.29) is 0 Å². The van der Waals surface area contributed by atoms with Gasteiger partial charge in [-0.3, -0.25) is 4.79 Å². The summed E-state index contributed by atoms with van der Waals surface area (Å²) in [6.45, 7) is 6.00. The number of carbonyl (C=O) groups excluding carboxylic acids is 1. The Kier molecular flexibility index (Phi) is 4.30. The maximum absolute atomic E-state index is 11.5. The molecule has 0 aliphatic carbocycles. The molecule has 0 unspecified atom stereocenters. The molecule has 1 aromatic carbocycles. The molecular formula is C18H22N4O. The van der Waals surface area contributed by atoms with Gasteiger partial charge in [-0.2, -0.15) is 0 Å². The highest BCUT2D eigenvalue weighted by Crippen LogP contribution is 2.24. The summed E-state index contributed by atoms with van der Waals surface area (Å²) in [5, 5.41) is 0. The van der Waals surface area contributed by atoms with Gasteiger partial charge in [0.15, 0.2) is 0 Å². The number of piperazine rings is 1. The molecule has 0 saturated carbocycles. The lowest BCUT2D eigenvalue weighted by Crippen LogP contribution is -2.44. The van der Waals surface area contributed by atoms with Crippen LogP contribution >= 0.6 is 0 Å². The van der Waals surface area contributed by atoms with Gasteiger partial charge < -0.3 is 15.5 Å². The zero-order valence-corrected chi connectivity index (χ0v) is 13.6. The molecule has 5 heteroatoms. The molecule has 3 rings (SSSR count). The van der Waals surface area contributed by atoms with E-state index in [0.29, 0.717) is 5.56 Å². The van der Waals surface area contributed by atoms with Gasteiger partial charge in [0.05, 0.1) is 0 Å². The van der Waals surface area contributed by atoms with Crippen LogP contribution in [0.1, 0.15) is 15.9 Å². The maximum atomic E-state index is 11.5. The number of benzene rings is 1. The van der Waals surface area contributed by atoms with Crippen LogP contribution in [0.5, 0.6) is 0 Å². The Hall–Kier alpha value is -2.40. The second kappa shape index (κ2) is 6.38. The monoisotopic (exact) mass is 310 g/mol. The summed E-state index contributed by atoms with van der Waals surface area (Å²) in [6, 6.07) is 9.85. The first-order valence-electron chi connectivity index (χ1n) is 7.85. The van der Waals surface area contributed by atoms with Crippen LogP contribution < -0.4 is 10.6 Å². The van der Waals surface area contributed by atoms with Gasteiger partial charge in [-0.25, -0.2) is 4.98 Å². The number of pyridine rings is 1. The van der Waals surface area contributed by atoms with E-state index in [1.165, 1.54) is 0 Å². The Bertz CT molecular complexity index is 703. The summed E-state index contributed by atoms with van der Waals surface area (Å²) in [4.78, 5) is 20.7. The number of aryl methyl sites for hydroxylation is 1. The van der Waals surface area contributed by atoms with E-state index in [0.717, 1.165) is 48.7 Å². The largest absolute Gasteiger partial charge is 0.366 e. The van der Waals surface area contributed by atoms with Gasteiger partial charge in [-0.1, -0.05) is 12.1 Å². The molecule has 5 nitrogen and oxygen atoms in total. The number of amides is 1. The molecule has 1 saturated heterocycles. The first-order chi connectivity index (χ1) is 11.0. The Labute approximate surface area is 136 Å². The number of anilines is 1. The third kappa shape index (κ3) is 3.35. The smallest absolute Gasteiger partial charge is 0.248 e. The van der Waals surface area contributed by atoms with Crippen LogP contribution in [0.4, 0.5) is 5.82 Å². The second-order valence-corrected chi connectivity index (χ2v) is 6.09. The van der Waals surface area contributed by atoms with Crippen molar-refractivity contribution < 1.29 is 4.79 Å². The number of aromatic nitrogens is 1. The van der Waals surface area contributed by atoms with Crippen LogP contribution in [0.2, 0.25) is 0 Å². The molecule has 0 atom stereocenters. The topological polar surface area (TPSA) is 62.5 Å². The minimum atomic E-state index is -0.397. The minimum absolute atomic E-state index is 0.397. The van der Waals surface area contributed by atoms with Crippen LogP contribution in [0.15, 0.2) is 36.5 Å². The lowest BCUT2D eigenvalue weighted by atomic mass is 10.0. The van der Waals surface area contributed by atoms with Crippen molar-refractivity contribution in [2.24, 2.45) is 5.73 Å². The van der Waals surface area contributed by atoms with Crippen molar-refractivity contribution in [1.82, 2.24) is 9.88 Å². The van der Waals surface area contributed by atoms with Gasteiger partial charge in [0.1, 0.15) is 5.82 Å². The Morgan fingerprint density at radius 3 is 2.39 bits per heavy atom. The van der Waals surface area contributed by atoms with Crippen molar-refractivity contribution in [1.29, 1.82) is 0 Å². The average molecular weight is 310 g/mol. The highest BCUT2D eigenvalue weighted by Gasteiger charge is 2.15. The predicted molar refractivity (Wildman–Crippen MR) is 92.6 cm³/mol. The van der Waals surface area contributed by atoms with E-state index in [2.05, 4.69) is 27.9 Å². The van der Waals surface area contributed by atoms with E-state index in [1.54, 1.807) is 0 Å². The Morgan fingerprint density at radius 1 is 1.09 bits per heavy atom. The van der Waals surface area contributed by atoms with Crippen LogP contribution in [-0.2, 0) is 0 Å². The number of hydrogen-bond donors (Lipinski definition) is 1. The van der Waals surface area contributed by atoms with E-state index >= 15 is 0 Å². The zero-order chi connectivity index (χ0) is 16.4. The van der Waals surface area contributed by atoms with Gasteiger partial charge in [0.2, 0.25) is 5.91 Å². The summed E-state index contributed by atoms with van der Waals surface area (Å²) in [5.74, 6) is 0.607. The lowest BCUT2D eigenvalue weighted by molar-refractivity contribution is 0.1000.